The van der Waals surface area contributed by atoms with E-state index in [1.165, 1.54) is 6.26 Å². The standard InChI is InChI=1S/C32H48N4O6Si/c1-30(2,3)40-28(37)36(29(38)41-31(4,5)6)27-26-24(16-17-39-26)25(19-33-27)21-18-34-35(20-21)22-12-14-23(15-13-22)42-43(10,11)32(7,8)9/h16-20,22-23H,12-15H2,1-11H3. The van der Waals surface area contributed by atoms with E-state index < -0.39 is 31.7 Å². The molecule has 1 fully saturated rings. The van der Waals surface area contributed by atoms with Crippen molar-refractivity contribution in [3.63, 3.8) is 0 Å². The lowest BCUT2D eigenvalue weighted by molar-refractivity contribution is 0.0429. The third-order valence-corrected chi connectivity index (χ3v) is 12.6. The van der Waals surface area contributed by atoms with Crippen molar-refractivity contribution >= 4 is 37.3 Å². The number of hydrogen-bond acceptors (Lipinski definition) is 8. The second-order valence-electron chi connectivity index (χ2n) is 15.0. The molecule has 0 saturated heterocycles. The Kier molecular flexibility index (Phi) is 8.92. The monoisotopic (exact) mass is 612 g/mol. The molecule has 1 saturated carbocycles. The lowest BCUT2D eigenvalue weighted by Crippen LogP contribution is -2.44. The predicted octanol–water partition coefficient (Wildman–Crippen LogP) is 8.87. The Morgan fingerprint density at radius 1 is 0.930 bits per heavy atom. The number of ether oxygens (including phenoxy) is 2. The van der Waals surface area contributed by atoms with E-state index in [-0.39, 0.29) is 22.5 Å². The van der Waals surface area contributed by atoms with E-state index in [1.54, 1.807) is 53.8 Å². The van der Waals surface area contributed by atoms with Crippen LogP contribution in [0.3, 0.4) is 0 Å². The summed E-state index contributed by atoms with van der Waals surface area (Å²) in [7, 11) is -1.80. The van der Waals surface area contributed by atoms with Gasteiger partial charge in [-0.15, -0.1) is 0 Å². The first-order valence-electron chi connectivity index (χ1n) is 15.1. The highest BCUT2D eigenvalue weighted by atomic mass is 28.4. The second kappa shape index (κ2) is 11.7. The summed E-state index contributed by atoms with van der Waals surface area (Å²) in [5.41, 5.74) is 0.229. The summed E-state index contributed by atoms with van der Waals surface area (Å²) in [4.78, 5) is 31.8. The van der Waals surface area contributed by atoms with E-state index >= 15 is 0 Å². The maximum absolute atomic E-state index is 13.2. The summed E-state index contributed by atoms with van der Waals surface area (Å²) in [6.45, 7) is 21.8. The van der Waals surface area contributed by atoms with E-state index in [9.17, 15) is 9.59 Å². The Balaban J connectivity index is 1.58. The number of pyridine rings is 1. The van der Waals surface area contributed by atoms with E-state index in [0.717, 1.165) is 41.7 Å². The number of anilines is 1. The molecule has 11 heteroatoms. The van der Waals surface area contributed by atoms with E-state index in [4.69, 9.17) is 23.4 Å². The fourth-order valence-electron chi connectivity index (χ4n) is 4.90. The molecule has 0 N–H and O–H groups in total. The quantitative estimate of drug-likeness (QED) is 0.263. The number of hydrogen-bond donors (Lipinski definition) is 0. The number of nitrogens with zero attached hydrogens (tertiary/aromatic N) is 4. The molecule has 3 aromatic heterocycles. The number of rotatable bonds is 5. The fraction of sp³-hybridized carbons (Fsp3) is 0.625. The van der Waals surface area contributed by atoms with Gasteiger partial charge in [-0.2, -0.15) is 10.00 Å². The summed E-state index contributed by atoms with van der Waals surface area (Å²) < 4.78 is 25.6. The molecule has 0 radical (unpaired) electrons. The minimum Gasteiger partial charge on any atom is -0.460 e. The van der Waals surface area contributed by atoms with Crippen molar-refractivity contribution in [2.24, 2.45) is 0 Å². The van der Waals surface area contributed by atoms with Crippen LogP contribution in [0.2, 0.25) is 18.1 Å². The van der Waals surface area contributed by atoms with Crippen molar-refractivity contribution in [3.8, 4) is 11.1 Å². The summed E-state index contributed by atoms with van der Waals surface area (Å²) >= 11 is 0. The van der Waals surface area contributed by atoms with Gasteiger partial charge in [-0.1, -0.05) is 20.8 Å². The highest BCUT2D eigenvalue weighted by molar-refractivity contribution is 6.74. The molecule has 1 aliphatic rings. The molecule has 4 rings (SSSR count). The summed E-state index contributed by atoms with van der Waals surface area (Å²) in [5, 5.41) is 5.59. The van der Waals surface area contributed by atoms with Gasteiger partial charge in [-0.05, 0) is 91.4 Å². The Bertz CT molecular complexity index is 1420. The normalized spacial score (nSPS) is 18.5. The minimum atomic E-state index is -1.80. The zero-order valence-electron chi connectivity index (χ0n) is 27.6. The fourth-order valence-corrected chi connectivity index (χ4v) is 6.32. The largest absolute Gasteiger partial charge is 0.460 e. The summed E-state index contributed by atoms with van der Waals surface area (Å²) in [6.07, 6.45) is 9.51. The molecule has 3 heterocycles. The van der Waals surface area contributed by atoms with Gasteiger partial charge in [0.2, 0.25) is 0 Å². The smallest absolute Gasteiger partial charge is 0.425 e. The third-order valence-electron chi connectivity index (χ3n) is 8.04. The third kappa shape index (κ3) is 7.67. The van der Waals surface area contributed by atoms with Crippen molar-refractivity contribution < 1.29 is 27.9 Å². The number of imide groups is 1. The van der Waals surface area contributed by atoms with Gasteiger partial charge < -0.3 is 18.3 Å². The summed E-state index contributed by atoms with van der Waals surface area (Å²) in [6, 6.07) is 2.08. The molecule has 10 nitrogen and oxygen atoms in total. The number of carbonyl (C=O) groups excluding carboxylic acids is 2. The van der Waals surface area contributed by atoms with Crippen LogP contribution in [-0.4, -0.2) is 52.6 Å². The van der Waals surface area contributed by atoms with Crippen molar-refractivity contribution in [2.75, 3.05) is 4.90 Å². The molecule has 0 atom stereocenters. The SMILES string of the molecule is CC(C)(C)OC(=O)N(C(=O)OC(C)(C)C)c1ncc(-c2cnn(C3CCC(O[Si](C)(C)C(C)(C)C)CC3)c2)c2ccoc12. The highest BCUT2D eigenvalue weighted by Gasteiger charge is 2.40. The maximum atomic E-state index is 13.2. The van der Waals surface area contributed by atoms with E-state index in [0.29, 0.717) is 11.5 Å². The average Bonchev–Trinajstić information content (AvgIpc) is 3.52. The first-order chi connectivity index (χ1) is 19.8. The van der Waals surface area contributed by atoms with Crippen LogP contribution in [0.15, 0.2) is 35.3 Å². The van der Waals surface area contributed by atoms with Crippen LogP contribution in [0.1, 0.15) is 94.0 Å². The maximum Gasteiger partial charge on any atom is 0.425 e. The van der Waals surface area contributed by atoms with Crippen LogP contribution < -0.4 is 4.90 Å². The summed E-state index contributed by atoms with van der Waals surface area (Å²) in [5.74, 6) is -0.000282. The molecule has 0 bridgehead atoms. The number of furan rings is 1. The molecule has 0 aromatic carbocycles. The number of amides is 2. The predicted molar refractivity (Wildman–Crippen MR) is 170 cm³/mol. The zero-order valence-corrected chi connectivity index (χ0v) is 28.6. The van der Waals surface area contributed by atoms with Crippen molar-refractivity contribution in [2.45, 2.75) is 129 Å². The van der Waals surface area contributed by atoms with Crippen LogP contribution >= 0.6 is 0 Å². The van der Waals surface area contributed by atoms with E-state index in [1.807, 2.05) is 17.1 Å². The van der Waals surface area contributed by atoms with Gasteiger partial charge in [0.15, 0.2) is 19.7 Å². The van der Waals surface area contributed by atoms with Crippen LogP contribution in [0.25, 0.3) is 22.1 Å². The average molecular weight is 613 g/mol. The molecule has 236 valence electrons. The van der Waals surface area contributed by atoms with Crippen molar-refractivity contribution in [1.82, 2.24) is 14.8 Å². The molecular weight excluding hydrogens is 564 g/mol. The zero-order chi connectivity index (χ0) is 32.0. The molecule has 3 aromatic rings. The number of aromatic nitrogens is 3. The van der Waals surface area contributed by atoms with E-state index in [2.05, 4.69) is 38.8 Å². The van der Waals surface area contributed by atoms with Gasteiger partial charge in [-0.25, -0.2) is 14.6 Å². The van der Waals surface area contributed by atoms with Gasteiger partial charge in [0.1, 0.15) is 11.2 Å². The van der Waals surface area contributed by atoms with Crippen LogP contribution in [0.5, 0.6) is 0 Å². The molecule has 0 spiro atoms. The Hall–Kier alpha value is -3.18. The van der Waals surface area contributed by atoms with Crippen LogP contribution in [0, 0.1) is 0 Å². The van der Waals surface area contributed by atoms with Gasteiger partial charge in [0.25, 0.3) is 0 Å². The minimum absolute atomic E-state index is 0.000282. The first-order valence-corrected chi connectivity index (χ1v) is 18.0. The van der Waals surface area contributed by atoms with Crippen molar-refractivity contribution in [1.29, 1.82) is 0 Å². The highest BCUT2D eigenvalue weighted by Crippen LogP contribution is 2.41. The molecule has 43 heavy (non-hydrogen) atoms. The molecule has 2 amide bonds. The van der Waals surface area contributed by atoms with Crippen LogP contribution in [0.4, 0.5) is 15.4 Å². The molecule has 0 unspecified atom stereocenters. The van der Waals surface area contributed by atoms with Gasteiger partial charge in [-0.3, -0.25) is 4.68 Å². The Labute approximate surface area is 256 Å². The Morgan fingerprint density at radius 3 is 2.05 bits per heavy atom. The number of fused-ring (bicyclic) bond motifs is 1. The lowest BCUT2D eigenvalue weighted by Gasteiger charge is -2.41. The van der Waals surface area contributed by atoms with Gasteiger partial charge in [0.05, 0.1) is 18.5 Å². The molecule has 1 aliphatic carbocycles. The number of carbonyl (C=O) groups is 2. The molecular formula is C32H48N4O6Si. The van der Waals surface area contributed by atoms with Crippen LogP contribution in [-0.2, 0) is 13.9 Å². The molecule has 0 aliphatic heterocycles. The second-order valence-corrected chi connectivity index (χ2v) is 19.7. The topological polar surface area (TPSA) is 109 Å². The first kappa shape index (κ1) is 32.7. The van der Waals surface area contributed by atoms with Gasteiger partial charge in [0, 0.05) is 35.0 Å². The lowest BCUT2D eigenvalue weighted by atomic mass is 9.93. The van der Waals surface area contributed by atoms with Crippen molar-refractivity contribution in [3.05, 3.63) is 30.9 Å². The Morgan fingerprint density at radius 2 is 1.51 bits per heavy atom. The van der Waals surface area contributed by atoms with Gasteiger partial charge >= 0.3 is 12.2 Å².